The van der Waals surface area contributed by atoms with Crippen molar-refractivity contribution in [1.29, 1.82) is 0 Å². The molecule has 0 aliphatic heterocycles. The lowest BCUT2D eigenvalue weighted by molar-refractivity contribution is 0.511. The lowest BCUT2D eigenvalue weighted by atomic mass is 10.2. The van der Waals surface area contributed by atoms with Crippen molar-refractivity contribution in [3.63, 3.8) is 0 Å². The van der Waals surface area contributed by atoms with Crippen molar-refractivity contribution in [3.05, 3.63) is 66.3 Å². The Kier molecular flexibility index (Phi) is 4.06. The van der Waals surface area contributed by atoms with E-state index in [2.05, 4.69) is 4.98 Å². The van der Waals surface area contributed by atoms with Gasteiger partial charge < -0.3 is 4.42 Å². The van der Waals surface area contributed by atoms with Crippen LogP contribution in [0, 0.1) is 18.6 Å². The highest BCUT2D eigenvalue weighted by Gasteiger charge is 2.18. The summed E-state index contributed by atoms with van der Waals surface area (Å²) in [6.45, 7) is 1.69. The number of rotatable bonds is 4. The normalized spacial score (nSPS) is 11.5. The summed E-state index contributed by atoms with van der Waals surface area (Å²) >= 11 is 0. The first-order valence-corrected chi connectivity index (χ1v) is 8.34. The van der Waals surface area contributed by atoms with Gasteiger partial charge in [-0.2, -0.15) is 0 Å². The second-order valence-corrected chi connectivity index (χ2v) is 6.67. The van der Waals surface area contributed by atoms with Crippen LogP contribution in [0.4, 0.5) is 14.5 Å². The number of benzene rings is 2. The Morgan fingerprint density at radius 1 is 1.08 bits per heavy atom. The summed E-state index contributed by atoms with van der Waals surface area (Å²) in [5.74, 6) is -1.90. The van der Waals surface area contributed by atoms with Crippen LogP contribution in [0.25, 0.3) is 11.3 Å². The highest BCUT2D eigenvalue weighted by molar-refractivity contribution is 7.92. The molecule has 0 fully saturated rings. The molecule has 0 amide bonds. The van der Waals surface area contributed by atoms with Crippen molar-refractivity contribution in [2.24, 2.45) is 0 Å². The second-order valence-electron chi connectivity index (χ2n) is 4.98. The standard InChI is InChI=1S/C16H12F2N2O3S/c1-10-19-15(9-23-10)11-5-7-12(8-6-11)24(21,22)20-14-4-2-3-13(17)16(14)18/h2-9,20H,1H3. The maximum Gasteiger partial charge on any atom is 0.261 e. The lowest BCUT2D eigenvalue weighted by Gasteiger charge is -2.09. The van der Waals surface area contributed by atoms with Gasteiger partial charge in [0.15, 0.2) is 17.5 Å². The molecule has 3 aromatic rings. The van der Waals surface area contributed by atoms with E-state index in [0.717, 1.165) is 12.1 Å². The topological polar surface area (TPSA) is 72.2 Å². The summed E-state index contributed by atoms with van der Waals surface area (Å²) in [6.07, 6.45) is 1.46. The number of nitrogens with zero attached hydrogens (tertiary/aromatic N) is 1. The third-order valence-corrected chi connectivity index (χ3v) is 4.66. The van der Waals surface area contributed by atoms with Gasteiger partial charge in [-0.1, -0.05) is 18.2 Å². The predicted molar refractivity (Wildman–Crippen MR) is 83.8 cm³/mol. The van der Waals surface area contributed by atoms with Gasteiger partial charge in [0.2, 0.25) is 0 Å². The molecule has 0 radical (unpaired) electrons. The van der Waals surface area contributed by atoms with Crippen LogP contribution in [0.15, 0.2) is 58.0 Å². The summed E-state index contributed by atoms with van der Waals surface area (Å²) < 4.78 is 58.5. The average Bonchev–Trinajstić information content (AvgIpc) is 2.98. The Bertz CT molecular complexity index is 983. The van der Waals surface area contributed by atoms with Crippen LogP contribution in [0.3, 0.4) is 0 Å². The lowest BCUT2D eigenvalue weighted by Crippen LogP contribution is -2.14. The van der Waals surface area contributed by atoms with Crippen molar-refractivity contribution in [3.8, 4) is 11.3 Å². The molecule has 0 spiro atoms. The minimum absolute atomic E-state index is 0.0878. The molecule has 0 atom stereocenters. The minimum Gasteiger partial charge on any atom is -0.449 e. The highest BCUT2D eigenvalue weighted by Crippen LogP contribution is 2.24. The van der Waals surface area contributed by atoms with Gasteiger partial charge in [-0.15, -0.1) is 0 Å². The molecule has 0 aliphatic rings. The van der Waals surface area contributed by atoms with E-state index in [1.807, 2.05) is 4.72 Å². The second kappa shape index (κ2) is 6.04. The van der Waals surface area contributed by atoms with Crippen LogP contribution in [-0.2, 0) is 10.0 Å². The zero-order valence-corrected chi connectivity index (χ0v) is 13.3. The molecule has 0 bridgehead atoms. The third kappa shape index (κ3) is 3.13. The molecule has 1 aromatic heterocycles. The first-order chi connectivity index (χ1) is 11.4. The van der Waals surface area contributed by atoms with E-state index in [-0.39, 0.29) is 4.90 Å². The van der Waals surface area contributed by atoms with Gasteiger partial charge in [0.05, 0.1) is 10.6 Å². The molecule has 2 aromatic carbocycles. The van der Waals surface area contributed by atoms with Gasteiger partial charge in [-0.05, 0) is 24.3 Å². The summed E-state index contributed by atoms with van der Waals surface area (Å²) in [4.78, 5) is 4.05. The maximum atomic E-state index is 13.6. The summed E-state index contributed by atoms with van der Waals surface area (Å²) in [5, 5.41) is 0. The number of nitrogens with one attached hydrogen (secondary N) is 1. The van der Waals surface area contributed by atoms with Crippen LogP contribution in [0.5, 0.6) is 0 Å². The number of aryl methyl sites for hydroxylation is 1. The summed E-state index contributed by atoms with van der Waals surface area (Å²) in [6, 6.07) is 9.05. The third-order valence-electron chi connectivity index (χ3n) is 3.28. The summed E-state index contributed by atoms with van der Waals surface area (Å²) in [7, 11) is -4.05. The van der Waals surface area contributed by atoms with E-state index in [4.69, 9.17) is 4.42 Å². The molecule has 124 valence electrons. The average molecular weight is 350 g/mol. The molecule has 5 nitrogen and oxygen atoms in total. The molecule has 1 heterocycles. The number of sulfonamides is 1. The van der Waals surface area contributed by atoms with Crippen LogP contribution in [0.2, 0.25) is 0 Å². The Hall–Kier alpha value is -2.74. The zero-order chi connectivity index (χ0) is 17.3. The van der Waals surface area contributed by atoms with E-state index in [1.165, 1.54) is 24.5 Å². The molecule has 0 saturated heterocycles. The molecule has 1 N–H and O–H groups in total. The van der Waals surface area contributed by atoms with Crippen molar-refractivity contribution in [2.75, 3.05) is 4.72 Å². The van der Waals surface area contributed by atoms with Gasteiger partial charge in [0, 0.05) is 12.5 Å². The smallest absolute Gasteiger partial charge is 0.261 e. The predicted octanol–water partition coefficient (Wildman–Crippen LogP) is 3.73. The van der Waals surface area contributed by atoms with Crippen LogP contribution in [-0.4, -0.2) is 13.4 Å². The Labute approximate surface area is 137 Å². The Morgan fingerprint density at radius 2 is 1.79 bits per heavy atom. The van der Waals surface area contributed by atoms with Crippen molar-refractivity contribution >= 4 is 15.7 Å². The van der Waals surface area contributed by atoms with Crippen molar-refractivity contribution in [2.45, 2.75) is 11.8 Å². The first-order valence-electron chi connectivity index (χ1n) is 6.86. The molecular formula is C16H12F2N2O3S. The fraction of sp³-hybridized carbons (Fsp3) is 0.0625. The van der Waals surface area contributed by atoms with Crippen LogP contribution in [0.1, 0.15) is 5.89 Å². The highest BCUT2D eigenvalue weighted by atomic mass is 32.2. The number of aromatic nitrogens is 1. The Balaban J connectivity index is 1.88. The van der Waals surface area contributed by atoms with E-state index in [1.54, 1.807) is 19.1 Å². The van der Waals surface area contributed by atoms with Crippen molar-refractivity contribution < 1.29 is 21.6 Å². The van der Waals surface area contributed by atoms with Gasteiger partial charge in [0.1, 0.15) is 12.0 Å². The van der Waals surface area contributed by atoms with Gasteiger partial charge >= 0.3 is 0 Å². The van der Waals surface area contributed by atoms with Crippen LogP contribution < -0.4 is 4.72 Å². The SMILES string of the molecule is Cc1nc(-c2ccc(S(=O)(=O)Nc3cccc(F)c3F)cc2)co1. The van der Waals surface area contributed by atoms with E-state index in [0.29, 0.717) is 17.1 Å². The molecule has 0 saturated carbocycles. The monoisotopic (exact) mass is 350 g/mol. The molecule has 0 aliphatic carbocycles. The molecule has 0 unspecified atom stereocenters. The quantitative estimate of drug-likeness (QED) is 0.778. The molecule has 24 heavy (non-hydrogen) atoms. The van der Waals surface area contributed by atoms with Gasteiger partial charge in [-0.3, -0.25) is 4.72 Å². The number of oxazole rings is 1. The van der Waals surface area contributed by atoms with E-state index >= 15 is 0 Å². The summed E-state index contributed by atoms with van der Waals surface area (Å²) in [5.41, 5.74) is 0.787. The first kappa shape index (κ1) is 16.1. The minimum atomic E-state index is -4.05. The number of hydrogen-bond acceptors (Lipinski definition) is 4. The number of hydrogen-bond donors (Lipinski definition) is 1. The van der Waals surface area contributed by atoms with Gasteiger partial charge in [-0.25, -0.2) is 22.2 Å². The maximum absolute atomic E-state index is 13.6. The number of halogens is 2. The fourth-order valence-corrected chi connectivity index (χ4v) is 3.15. The fourth-order valence-electron chi connectivity index (χ4n) is 2.09. The Morgan fingerprint density at radius 3 is 2.42 bits per heavy atom. The molecule has 3 rings (SSSR count). The van der Waals surface area contributed by atoms with Gasteiger partial charge in [0.25, 0.3) is 10.0 Å². The van der Waals surface area contributed by atoms with E-state index < -0.39 is 27.3 Å². The van der Waals surface area contributed by atoms with E-state index in [9.17, 15) is 17.2 Å². The van der Waals surface area contributed by atoms with Crippen molar-refractivity contribution in [1.82, 2.24) is 4.98 Å². The molecule has 8 heteroatoms. The molecular weight excluding hydrogens is 338 g/mol. The van der Waals surface area contributed by atoms with Crippen LogP contribution >= 0.6 is 0 Å². The zero-order valence-electron chi connectivity index (χ0n) is 12.5. The number of anilines is 1. The largest absolute Gasteiger partial charge is 0.449 e.